The molecule has 0 aromatic carbocycles. The van der Waals surface area contributed by atoms with Crippen molar-refractivity contribution < 1.29 is 4.79 Å². The molecule has 2 N–H and O–H groups in total. The Morgan fingerprint density at radius 3 is 2.62 bits per heavy atom. The molecule has 1 atom stereocenters. The fourth-order valence-electron chi connectivity index (χ4n) is 3.38. The highest BCUT2D eigenvalue weighted by Crippen LogP contribution is 2.58. The van der Waals surface area contributed by atoms with E-state index < -0.39 is 0 Å². The smallest absolute Gasteiger partial charge is 0.223 e. The van der Waals surface area contributed by atoms with E-state index in [0.717, 1.165) is 49.5 Å². The molecule has 24 heavy (non-hydrogen) atoms. The van der Waals surface area contributed by atoms with Gasteiger partial charge in [-0.1, -0.05) is 20.8 Å². The SMILES string of the molecule is CC(C)(C)c1csc(CCNC(=O)C2CC23CCNCC3)n1.Cl.Cl. The minimum atomic E-state index is 0. The molecule has 1 aliphatic carbocycles. The molecular formula is C17H29Cl2N3OS. The molecule has 2 heterocycles. The van der Waals surface area contributed by atoms with E-state index in [4.69, 9.17) is 0 Å². The number of carbonyl (C=O) groups excluding carboxylic acids is 1. The molecule has 3 rings (SSSR count). The highest BCUT2D eigenvalue weighted by Gasteiger charge is 2.57. The van der Waals surface area contributed by atoms with Crippen molar-refractivity contribution in [3.63, 3.8) is 0 Å². The number of amides is 1. The number of piperidine rings is 1. The maximum atomic E-state index is 12.3. The van der Waals surface area contributed by atoms with Crippen LogP contribution in [0.3, 0.4) is 0 Å². The molecular weight excluding hydrogens is 365 g/mol. The average molecular weight is 394 g/mol. The summed E-state index contributed by atoms with van der Waals surface area (Å²) in [6, 6.07) is 0. The fourth-order valence-corrected chi connectivity index (χ4v) is 4.41. The van der Waals surface area contributed by atoms with Crippen molar-refractivity contribution >= 4 is 42.1 Å². The van der Waals surface area contributed by atoms with E-state index in [1.54, 1.807) is 11.3 Å². The molecule has 1 amide bonds. The number of nitrogens with zero attached hydrogens (tertiary/aromatic N) is 1. The largest absolute Gasteiger partial charge is 0.355 e. The normalized spacial score (nSPS) is 21.5. The zero-order chi connectivity index (χ0) is 15.8. The second-order valence-corrected chi connectivity index (χ2v) is 8.73. The van der Waals surface area contributed by atoms with Gasteiger partial charge in [0.15, 0.2) is 0 Å². The zero-order valence-corrected chi connectivity index (χ0v) is 17.1. The standard InChI is InChI=1S/C17H27N3OS.2ClH/c1-16(2,3)13-11-22-14(20-13)4-7-19-15(21)12-10-17(12)5-8-18-9-6-17;;/h11-12,18H,4-10H2,1-3H3,(H,19,21);2*1H. The maximum Gasteiger partial charge on any atom is 0.223 e. The summed E-state index contributed by atoms with van der Waals surface area (Å²) in [6.07, 6.45) is 4.25. The lowest BCUT2D eigenvalue weighted by atomic mass is 9.92. The Bertz CT molecular complexity index is 550. The van der Waals surface area contributed by atoms with Crippen LogP contribution in [0.4, 0.5) is 0 Å². The van der Waals surface area contributed by atoms with Gasteiger partial charge in [-0.15, -0.1) is 36.2 Å². The van der Waals surface area contributed by atoms with E-state index in [9.17, 15) is 4.79 Å². The van der Waals surface area contributed by atoms with Crippen molar-refractivity contribution in [2.24, 2.45) is 11.3 Å². The van der Waals surface area contributed by atoms with Crippen LogP contribution in [-0.2, 0) is 16.6 Å². The van der Waals surface area contributed by atoms with E-state index in [0.29, 0.717) is 12.0 Å². The summed E-state index contributed by atoms with van der Waals surface area (Å²) in [5, 5.41) is 9.76. The summed E-state index contributed by atoms with van der Waals surface area (Å²) in [4.78, 5) is 17.0. The molecule has 1 saturated carbocycles. The monoisotopic (exact) mass is 393 g/mol. The first kappa shape index (κ1) is 21.7. The van der Waals surface area contributed by atoms with Crippen LogP contribution in [0.2, 0.25) is 0 Å². The van der Waals surface area contributed by atoms with Gasteiger partial charge in [-0.3, -0.25) is 4.79 Å². The Balaban J connectivity index is 0.00000144. The summed E-state index contributed by atoms with van der Waals surface area (Å²) in [5.41, 5.74) is 1.58. The predicted molar refractivity (Wildman–Crippen MR) is 105 cm³/mol. The lowest BCUT2D eigenvalue weighted by Gasteiger charge is -2.23. The number of hydrogen-bond donors (Lipinski definition) is 2. The van der Waals surface area contributed by atoms with Crippen molar-refractivity contribution in [1.82, 2.24) is 15.6 Å². The van der Waals surface area contributed by atoms with Gasteiger partial charge in [-0.05, 0) is 37.8 Å². The van der Waals surface area contributed by atoms with Gasteiger partial charge in [0.1, 0.15) is 0 Å². The molecule has 2 fully saturated rings. The molecule has 138 valence electrons. The van der Waals surface area contributed by atoms with Gasteiger partial charge in [0.25, 0.3) is 0 Å². The lowest BCUT2D eigenvalue weighted by Crippen LogP contribution is -2.34. The fraction of sp³-hybridized carbons (Fsp3) is 0.765. The summed E-state index contributed by atoms with van der Waals surface area (Å²) in [7, 11) is 0. The van der Waals surface area contributed by atoms with Gasteiger partial charge in [0, 0.05) is 29.7 Å². The van der Waals surface area contributed by atoms with Crippen molar-refractivity contribution in [3.8, 4) is 0 Å². The van der Waals surface area contributed by atoms with Crippen molar-refractivity contribution in [2.45, 2.75) is 51.9 Å². The summed E-state index contributed by atoms with van der Waals surface area (Å²) in [5.74, 6) is 0.519. The minimum Gasteiger partial charge on any atom is -0.355 e. The molecule has 1 unspecified atom stereocenters. The third-order valence-electron chi connectivity index (χ3n) is 5.06. The van der Waals surface area contributed by atoms with E-state index in [1.165, 1.54) is 0 Å². The first-order valence-electron chi connectivity index (χ1n) is 8.34. The Hall–Kier alpha value is -0.360. The maximum absolute atomic E-state index is 12.3. The van der Waals surface area contributed by atoms with Crippen LogP contribution >= 0.6 is 36.2 Å². The van der Waals surface area contributed by atoms with E-state index in [2.05, 4.69) is 41.8 Å². The summed E-state index contributed by atoms with van der Waals surface area (Å²) >= 11 is 1.70. The molecule has 0 bridgehead atoms. The van der Waals surface area contributed by atoms with Crippen LogP contribution in [0.5, 0.6) is 0 Å². The Morgan fingerprint density at radius 1 is 1.38 bits per heavy atom. The molecule has 1 aromatic rings. The van der Waals surface area contributed by atoms with Crippen LogP contribution in [0.25, 0.3) is 0 Å². The second-order valence-electron chi connectivity index (χ2n) is 7.79. The number of hydrogen-bond acceptors (Lipinski definition) is 4. The quantitative estimate of drug-likeness (QED) is 0.824. The van der Waals surface area contributed by atoms with Gasteiger partial charge in [0.05, 0.1) is 10.7 Å². The molecule has 4 nitrogen and oxygen atoms in total. The third-order valence-corrected chi connectivity index (χ3v) is 5.97. The molecule has 1 spiro atoms. The molecule has 0 radical (unpaired) electrons. The Kier molecular flexibility index (Phi) is 7.54. The Morgan fingerprint density at radius 2 is 2.04 bits per heavy atom. The highest BCUT2D eigenvalue weighted by atomic mass is 35.5. The van der Waals surface area contributed by atoms with E-state index in [1.807, 2.05) is 0 Å². The van der Waals surface area contributed by atoms with Crippen LogP contribution in [0, 0.1) is 11.3 Å². The minimum absolute atomic E-state index is 0. The van der Waals surface area contributed by atoms with Crippen molar-refractivity contribution in [3.05, 3.63) is 16.1 Å². The van der Waals surface area contributed by atoms with Gasteiger partial charge < -0.3 is 10.6 Å². The number of nitrogens with one attached hydrogen (secondary N) is 2. The number of aromatic nitrogens is 1. The predicted octanol–water partition coefficient (Wildman–Crippen LogP) is 3.33. The first-order chi connectivity index (χ1) is 10.4. The van der Waals surface area contributed by atoms with Crippen LogP contribution in [-0.4, -0.2) is 30.5 Å². The van der Waals surface area contributed by atoms with Gasteiger partial charge in [0.2, 0.25) is 5.91 Å². The van der Waals surface area contributed by atoms with Gasteiger partial charge in [-0.25, -0.2) is 4.98 Å². The summed E-state index contributed by atoms with van der Waals surface area (Å²) in [6.45, 7) is 9.38. The van der Waals surface area contributed by atoms with Crippen molar-refractivity contribution in [1.29, 1.82) is 0 Å². The topological polar surface area (TPSA) is 54.0 Å². The number of thiazole rings is 1. The van der Waals surface area contributed by atoms with Gasteiger partial charge in [-0.2, -0.15) is 0 Å². The van der Waals surface area contributed by atoms with Crippen LogP contribution in [0.15, 0.2) is 5.38 Å². The first-order valence-corrected chi connectivity index (χ1v) is 9.22. The third kappa shape index (κ3) is 4.84. The Labute approximate surface area is 161 Å². The van der Waals surface area contributed by atoms with E-state index in [-0.39, 0.29) is 42.1 Å². The number of rotatable bonds is 4. The summed E-state index contributed by atoms with van der Waals surface area (Å²) < 4.78 is 0. The molecule has 1 aliphatic heterocycles. The zero-order valence-electron chi connectivity index (χ0n) is 14.7. The number of carbonyl (C=O) groups is 1. The van der Waals surface area contributed by atoms with Gasteiger partial charge >= 0.3 is 0 Å². The highest BCUT2D eigenvalue weighted by molar-refractivity contribution is 7.09. The van der Waals surface area contributed by atoms with Crippen molar-refractivity contribution in [2.75, 3.05) is 19.6 Å². The van der Waals surface area contributed by atoms with E-state index >= 15 is 0 Å². The molecule has 1 aromatic heterocycles. The number of halogens is 2. The molecule has 7 heteroatoms. The second kappa shape index (κ2) is 8.35. The average Bonchev–Trinajstić information content (AvgIpc) is 2.94. The molecule has 1 saturated heterocycles. The lowest BCUT2D eigenvalue weighted by molar-refractivity contribution is -0.123. The van der Waals surface area contributed by atoms with Crippen LogP contribution < -0.4 is 10.6 Å². The molecule has 2 aliphatic rings. The van der Waals surface area contributed by atoms with Crippen LogP contribution in [0.1, 0.15) is 50.7 Å².